The van der Waals surface area contributed by atoms with E-state index in [9.17, 15) is 14.7 Å². The van der Waals surface area contributed by atoms with Crippen molar-refractivity contribution in [3.8, 4) is 16.9 Å². The third-order valence-corrected chi connectivity index (χ3v) is 4.04. The Morgan fingerprint density at radius 1 is 1.23 bits per heavy atom. The van der Waals surface area contributed by atoms with Gasteiger partial charge in [0.05, 0.1) is 12.7 Å². The van der Waals surface area contributed by atoms with E-state index in [-0.39, 0.29) is 22.4 Å². The quantitative estimate of drug-likeness (QED) is 0.864. The van der Waals surface area contributed by atoms with Crippen molar-refractivity contribution in [2.45, 2.75) is 25.8 Å². The summed E-state index contributed by atoms with van der Waals surface area (Å²) in [7, 11) is 1.27. The zero-order valence-electron chi connectivity index (χ0n) is 12.3. The van der Waals surface area contributed by atoms with Crippen molar-refractivity contribution >= 4 is 5.97 Å². The standard InChI is InChI=1S/C17H17NO4/c1-22-17(21)14-12-9-5-6-10-18(12)16(20)13(15(14)19)11-7-3-2-4-8-11/h2-4,7-8,19H,5-6,9-10H2,1H3. The van der Waals surface area contributed by atoms with Crippen LogP contribution >= 0.6 is 0 Å². The maximum absolute atomic E-state index is 12.7. The first-order chi connectivity index (χ1) is 10.6. The van der Waals surface area contributed by atoms with Gasteiger partial charge in [-0.05, 0) is 24.8 Å². The van der Waals surface area contributed by atoms with E-state index < -0.39 is 5.97 Å². The number of aromatic nitrogens is 1. The molecule has 22 heavy (non-hydrogen) atoms. The van der Waals surface area contributed by atoms with Crippen LogP contribution in [0.1, 0.15) is 28.9 Å². The fraction of sp³-hybridized carbons (Fsp3) is 0.294. The second kappa shape index (κ2) is 5.67. The third kappa shape index (κ3) is 2.19. The van der Waals surface area contributed by atoms with Gasteiger partial charge in [0, 0.05) is 12.2 Å². The molecule has 3 rings (SSSR count). The Kier molecular flexibility index (Phi) is 3.71. The highest BCUT2D eigenvalue weighted by molar-refractivity contribution is 5.96. The fourth-order valence-corrected chi connectivity index (χ4v) is 3.00. The molecule has 5 nitrogen and oxygen atoms in total. The lowest BCUT2D eigenvalue weighted by atomic mass is 9.97. The zero-order chi connectivity index (χ0) is 15.7. The molecule has 1 aromatic heterocycles. The summed E-state index contributed by atoms with van der Waals surface area (Å²) in [5.41, 5.74) is 1.18. The van der Waals surface area contributed by atoms with Crippen molar-refractivity contribution in [3.63, 3.8) is 0 Å². The molecule has 0 unspecified atom stereocenters. The minimum Gasteiger partial charge on any atom is -0.506 e. The van der Waals surface area contributed by atoms with Crippen molar-refractivity contribution in [3.05, 3.63) is 51.9 Å². The van der Waals surface area contributed by atoms with Gasteiger partial charge < -0.3 is 14.4 Å². The molecule has 0 fully saturated rings. The lowest BCUT2D eigenvalue weighted by Gasteiger charge is -2.23. The monoisotopic (exact) mass is 299 g/mol. The van der Waals surface area contributed by atoms with Gasteiger partial charge in [-0.3, -0.25) is 4.79 Å². The minimum atomic E-state index is -0.611. The molecule has 0 spiro atoms. The molecular formula is C17H17NO4. The largest absolute Gasteiger partial charge is 0.506 e. The number of ether oxygens (including phenoxy) is 1. The van der Waals surface area contributed by atoms with Gasteiger partial charge >= 0.3 is 5.97 Å². The highest BCUT2D eigenvalue weighted by Crippen LogP contribution is 2.33. The van der Waals surface area contributed by atoms with E-state index in [0.29, 0.717) is 24.2 Å². The number of benzene rings is 1. The van der Waals surface area contributed by atoms with Crippen LogP contribution in [0.2, 0.25) is 0 Å². The summed E-state index contributed by atoms with van der Waals surface area (Å²) in [4.78, 5) is 24.9. The average molecular weight is 299 g/mol. The Bertz CT molecular complexity index is 777. The molecule has 1 N–H and O–H groups in total. The van der Waals surface area contributed by atoms with Gasteiger partial charge in [0.15, 0.2) is 0 Å². The summed E-state index contributed by atoms with van der Waals surface area (Å²) < 4.78 is 6.39. The summed E-state index contributed by atoms with van der Waals surface area (Å²) in [5, 5.41) is 10.6. The van der Waals surface area contributed by atoms with Crippen molar-refractivity contribution in [2.75, 3.05) is 7.11 Å². The van der Waals surface area contributed by atoms with Gasteiger partial charge in [-0.1, -0.05) is 30.3 Å². The molecule has 1 aromatic carbocycles. The Morgan fingerprint density at radius 2 is 1.95 bits per heavy atom. The summed E-state index contributed by atoms with van der Waals surface area (Å²) in [5.74, 6) is -0.892. The number of carbonyl (C=O) groups excluding carboxylic acids is 1. The predicted molar refractivity (Wildman–Crippen MR) is 82.1 cm³/mol. The maximum Gasteiger partial charge on any atom is 0.343 e. The van der Waals surface area contributed by atoms with Crippen molar-refractivity contribution in [2.24, 2.45) is 0 Å². The van der Waals surface area contributed by atoms with Crippen LogP contribution in [0.3, 0.4) is 0 Å². The Hall–Kier alpha value is -2.56. The van der Waals surface area contributed by atoms with Crippen molar-refractivity contribution < 1.29 is 14.6 Å². The average Bonchev–Trinajstić information content (AvgIpc) is 2.56. The van der Waals surface area contributed by atoms with Crippen LogP contribution in [-0.4, -0.2) is 22.8 Å². The lowest BCUT2D eigenvalue weighted by Crippen LogP contribution is -2.31. The van der Waals surface area contributed by atoms with E-state index in [1.54, 1.807) is 28.8 Å². The van der Waals surface area contributed by atoms with Crippen molar-refractivity contribution in [1.82, 2.24) is 4.57 Å². The van der Waals surface area contributed by atoms with Crippen molar-refractivity contribution in [1.29, 1.82) is 0 Å². The van der Waals surface area contributed by atoms with Crippen LogP contribution in [0.25, 0.3) is 11.1 Å². The molecule has 5 heteroatoms. The Labute approximate surface area is 127 Å². The number of rotatable bonds is 2. The van der Waals surface area contributed by atoms with E-state index >= 15 is 0 Å². The smallest absolute Gasteiger partial charge is 0.343 e. The first-order valence-electron chi connectivity index (χ1n) is 7.27. The summed E-state index contributed by atoms with van der Waals surface area (Å²) >= 11 is 0. The Balaban J connectivity index is 2.36. The van der Waals surface area contributed by atoms with Gasteiger partial charge in [0.25, 0.3) is 5.56 Å². The topological polar surface area (TPSA) is 68.5 Å². The number of fused-ring (bicyclic) bond motifs is 1. The predicted octanol–water partition coefficient (Wildman–Crippen LogP) is 2.34. The first-order valence-corrected chi connectivity index (χ1v) is 7.27. The fourth-order valence-electron chi connectivity index (χ4n) is 3.00. The number of pyridine rings is 1. The molecule has 0 atom stereocenters. The number of aromatic hydroxyl groups is 1. The lowest BCUT2D eigenvalue weighted by molar-refractivity contribution is 0.0594. The highest BCUT2D eigenvalue weighted by atomic mass is 16.5. The van der Waals surface area contributed by atoms with Gasteiger partial charge in [0.1, 0.15) is 11.3 Å². The van der Waals surface area contributed by atoms with Gasteiger partial charge in [-0.2, -0.15) is 0 Å². The third-order valence-electron chi connectivity index (χ3n) is 4.04. The molecule has 0 aliphatic carbocycles. The number of methoxy groups -OCH3 is 1. The molecule has 2 aromatic rings. The molecule has 0 radical (unpaired) electrons. The molecule has 0 saturated heterocycles. The number of hydrogen-bond donors (Lipinski definition) is 1. The van der Waals surface area contributed by atoms with E-state index in [0.717, 1.165) is 12.8 Å². The second-order valence-electron chi connectivity index (χ2n) is 5.32. The van der Waals surface area contributed by atoms with Crippen LogP contribution in [0.5, 0.6) is 5.75 Å². The summed E-state index contributed by atoms with van der Waals surface area (Å²) in [6.07, 6.45) is 2.35. The van der Waals surface area contributed by atoms with Crippen LogP contribution < -0.4 is 5.56 Å². The highest BCUT2D eigenvalue weighted by Gasteiger charge is 2.28. The molecule has 1 aliphatic rings. The van der Waals surface area contributed by atoms with Crippen LogP contribution in [0.4, 0.5) is 0 Å². The number of nitrogens with zero attached hydrogens (tertiary/aromatic N) is 1. The molecule has 0 amide bonds. The van der Waals surface area contributed by atoms with Crippen LogP contribution in [0, 0.1) is 0 Å². The van der Waals surface area contributed by atoms with E-state index in [2.05, 4.69) is 0 Å². The number of hydrogen-bond acceptors (Lipinski definition) is 4. The molecular weight excluding hydrogens is 282 g/mol. The molecule has 0 saturated carbocycles. The van der Waals surface area contributed by atoms with Crippen LogP contribution in [0.15, 0.2) is 35.1 Å². The second-order valence-corrected chi connectivity index (χ2v) is 5.32. The minimum absolute atomic E-state index is 0.112. The van der Waals surface area contributed by atoms with Gasteiger partial charge in [-0.25, -0.2) is 4.79 Å². The first kappa shape index (κ1) is 14.4. The van der Waals surface area contributed by atoms with Gasteiger partial charge in [0.2, 0.25) is 0 Å². The summed E-state index contributed by atoms with van der Waals surface area (Å²) in [6, 6.07) is 8.89. The Morgan fingerprint density at radius 3 is 2.64 bits per heavy atom. The van der Waals surface area contributed by atoms with E-state index in [1.807, 2.05) is 6.07 Å². The summed E-state index contributed by atoms with van der Waals surface area (Å²) in [6.45, 7) is 0.554. The molecule has 114 valence electrons. The molecule has 2 heterocycles. The van der Waals surface area contributed by atoms with E-state index in [1.165, 1.54) is 7.11 Å². The van der Waals surface area contributed by atoms with Crippen LogP contribution in [-0.2, 0) is 17.7 Å². The van der Waals surface area contributed by atoms with Gasteiger partial charge in [-0.15, -0.1) is 0 Å². The number of carbonyl (C=O) groups is 1. The van der Waals surface area contributed by atoms with E-state index in [4.69, 9.17) is 4.74 Å². The maximum atomic E-state index is 12.7. The molecule has 1 aliphatic heterocycles. The zero-order valence-corrected chi connectivity index (χ0v) is 12.3. The number of esters is 1. The normalized spacial score (nSPS) is 13.5. The SMILES string of the molecule is COC(=O)c1c(O)c(-c2ccccc2)c(=O)n2c1CCCC2. The molecule has 0 bridgehead atoms.